The molecule has 0 amide bonds. The van der Waals surface area contributed by atoms with Crippen LogP contribution in [0.3, 0.4) is 0 Å². The van der Waals surface area contributed by atoms with E-state index < -0.39 is 21.7 Å². The van der Waals surface area contributed by atoms with Crippen molar-refractivity contribution in [2.45, 2.75) is 25.5 Å². The van der Waals surface area contributed by atoms with E-state index >= 15 is 0 Å². The number of fused-ring (bicyclic) bond motifs is 1. The minimum absolute atomic E-state index is 0.147. The molecule has 9 nitrogen and oxygen atoms in total. The van der Waals surface area contributed by atoms with Gasteiger partial charge in [0.2, 0.25) is 15.9 Å². The van der Waals surface area contributed by atoms with Crippen molar-refractivity contribution in [1.82, 2.24) is 19.3 Å². The summed E-state index contributed by atoms with van der Waals surface area (Å²) >= 11 is 0. The van der Waals surface area contributed by atoms with E-state index in [1.807, 2.05) is 44.2 Å². The zero-order valence-electron chi connectivity index (χ0n) is 18.4. The molecular formula is C22H27N5O4S. The molecule has 0 bridgehead atoms. The van der Waals surface area contributed by atoms with Gasteiger partial charge in [-0.2, -0.15) is 4.31 Å². The van der Waals surface area contributed by atoms with Gasteiger partial charge in [0, 0.05) is 36.6 Å². The van der Waals surface area contributed by atoms with Gasteiger partial charge in [-0.1, -0.05) is 24.3 Å². The smallest absolute Gasteiger partial charge is 0.242 e. The molecule has 0 radical (unpaired) electrons. The molecule has 3 aromatic rings. The summed E-state index contributed by atoms with van der Waals surface area (Å²) < 4.78 is 36.8. The van der Waals surface area contributed by atoms with E-state index in [4.69, 9.17) is 15.2 Å². The minimum Gasteiger partial charge on any atom is -0.473 e. The lowest BCUT2D eigenvalue weighted by atomic mass is 9.94. The second-order valence-electron chi connectivity index (χ2n) is 8.46. The summed E-state index contributed by atoms with van der Waals surface area (Å²) in [5.41, 5.74) is 9.54. The van der Waals surface area contributed by atoms with Gasteiger partial charge in [-0.05, 0) is 25.5 Å². The van der Waals surface area contributed by atoms with Gasteiger partial charge in [0.1, 0.15) is 12.7 Å². The van der Waals surface area contributed by atoms with Gasteiger partial charge in [-0.15, -0.1) is 0 Å². The van der Waals surface area contributed by atoms with E-state index in [9.17, 15) is 8.42 Å². The Bertz CT molecular complexity index is 1210. The summed E-state index contributed by atoms with van der Waals surface area (Å²) in [5.74, 6) is 0.328. The highest BCUT2D eigenvalue weighted by Gasteiger charge is 2.27. The van der Waals surface area contributed by atoms with Crippen LogP contribution in [-0.4, -0.2) is 66.3 Å². The molecule has 2 aromatic heterocycles. The zero-order chi connectivity index (χ0) is 22.9. The quantitative estimate of drug-likeness (QED) is 0.596. The van der Waals surface area contributed by atoms with Crippen LogP contribution < -0.4 is 10.5 Å². The van der Waals surface area contributed by atoms with Gasteiger partial charge in [0.05, 0.1) is 24.1 Å². The first kappa shape index (κ1) is 22.5. The van der Waals surface area contributed by atoms with Crippen LogP contribution in [0.15, 0.2) is 42.7 Å². The molecule has 1 saturated heterocycles. The molecule has 2 N–H and O–H groups in total. The molecular weight excluding hydrogens is 430 g/mol. The molecule has 1 aliphatic rings. The Hall–Kier alpha value is -2.66. The van der Waals surface area contributed by atoms with Crippen molar-refractivity contribution in [1.29, 1.82) is 0 Å². The Morgan fingerprint density at radius 1 is 1.22 bits per heavy atom. The first-order valence-electron chi connectivity index (χ1n) is 10.3. The second-order valence-corrected chi connectivity index (χ2v) is 10.4. The third kappa shape index (κ3) is 5.04. The lowest BCUT2D eigenvalue weighted by Crippen LogP contribution is -2.47. The number of pyridine rings is 1. The van der Waals surface area contributed by atoms with Crippen LogP contribution in [0.2, 0.25) is 0 Å². The molecule has 0 saturated carbocycles. The molecule has 1 aromatic carbocycles. The van der Waals surface area contributed by atoms with E-state index in [1.54, 1.807) is 12.4 Å². The predicted octanol–water partition coefficient (Wildman–Crippen LogP) is 1.92. The van der Waals surface area contributed by atoms with E-state index in [0.29, 0.717) is 35.8 Å². The molecule has 0 unspecified atom stereocenters. The van der Waals surface area contributed by atoms with Crippen molar-refractivity contribution >= 4 is 21.1 Å². The number of nitrogens with two attached hydrogens (primary N) is 1. The fourth-order valence-electron chi connectivity index (χ4n) is 3.53. The maximum absolute atomic E-state index is 11.9. The number of ether oxygens (including phenoxy) is 2. The number of hydrogen-bond acceptors (Lipinski definition) is 8. The molecule has 1 aliphatic heterocycles. The molecule has 170 valence electrons. The Morgan fingerprint density at radius 3 is 2.62 bits per heavy atom. The highest BCUT2D eigenvalue weighted by molar-refractivity contribution is 7.88. The molecule has 1 fully saturated rings. The number of aromatic nitrogens is 3. The number of hydrogen-bond donors (Lipinski definition) is 1. The number of benzene rings is 1. The van der Waals surface area contributed by atoms with Crippen molar-refractivity contribution in [2.75, 3.05) is 32.6 Å². The van der Waals surface area contributed by atoms with E-state index in [-0.39, 0.29) is 13.2 Å². The number of nitrogens with zero attached hydrogens (tertiary/aromatic N) is 4. The standard InChI is InChI=1S/C22H27N5O4S/c1-22(2,23)16-6-4-15(5-7-16)18-12-19-20(25-9-8-24-19)21(26-18)31-14-17-13-27(10-11-30-17)32(3,28)29/h4-9,12,17H,10-11,13-14,23H2,1-3H3/t17-/m0/s1. The molecule has 0 aliphatic carbocycles. The third-order valence-corrected chi connectivity index (χ3v) is 6.60. The molecule has 32 heavy (non-hydrogen) atoms. The first-order chi connectivity index (χ1) is 15.1. The van der Waals surface area contributed by atoms with Crippen molar-refractivity contribution in [3.8, 4) is 17.1 Å². The van der Waals surface area contributed by atoms with Crippen LogP contribution in [0.5, 0.6) is 5.88 Å². The average molecular weight is 458 g/mol. The van der Waals surface area contributed by atoms with E-state index in [2.05, 4.69) is 15.0 Å². The van der Waals surface area contributed by atoms with Crippen LogP contribution in [-0.2, 0) is 20.3 Å². The number of rotatable bonds is 6. The molecule has 10 heteroatoms. The van der Waals surface area contributed by atoms with Gasteiger partial charge in [-0.25, -0.2) is 18.4 Å². The maximum atomic E-state index is 11.9. The third-order valence-electron chi connectivity index (χ3n) is 5.33. The summed E-state index contributed by atoms with van der Waals surface area (Å²) in [4.78, 5) is 13.4. The lowest BCUT2D eigenvalue weighted by Gasteiger charge is -2.30. The minimum atomic E-state index is -3.28. The predicted molar refractivity (Wildman–Crippen MR) is 122 cm³/mol. The summed E-state index contributed by atoms with van der Waals surface area (Å²) in [6.45, 7) is 4.95. The Kier molecular flexibility index (Phi) is 6.13. The lowest BCUT2D eigenvalue weighted by molar-refractivity contribution is -0.0252. The SMILES string of the molecule is CC(C)(N)c1ccc(-c2cc3nccnc3c(OC[C@@H]3CN(S(C)(=O)=O)CCO3)n2)cc1. The highest BCUT2D eigenvalue weighted by Crippen LogP contribution is 2.28. The summed E-state index contributed by atoms with van der Waals surface area (Å²) in [6, 6.07) is 9.75. The Balaban J connectivity index is 1.60. The van der Waals surface area contributed by atoms with Crippen LogP contribution >= 0.6 is 0 Å². The van der Waals surface area contributed by atoms with Crippen molar-refractivity contribution in [2.24, 2.45) is 5.73 Å². The van der Waals surface area contributed by atoms with Crippen molar-refractivity contribution < 1.29 is 17.9 Å². The number of morpholine rings is 1. The van der Waals surface area contributed by atoms with Gasteiger partial charge in [-0.3, -0.25) is 4.98 Å². The van der Waals surface area contributed by atoms with Crippen LogP contribution in [0.4, 0.5) is 0 Å². The van der Waals surface area contributed by atoms with Gasteiger partial charge in [0.15, 0.2) is 5.52 Å². The van der Waals surface area contributed by atoms with Crippen LogP contribution in [0.1, 0.15) is 19.4 Å². The Morgan fingerprint density at radius 2 is 1.94 bits per heavy atom. The highest BCUT2D eigenvalue weighted by atomic mass is 32.2. The Labute approximate surface area is 187 Å². The maximum Gasteiger partial charge on any atom is 0.242 e. The zero-order valence-corrected chi connectivity index (χ0v) is 19.2. The summed E-state index contributed by atoms with van der Waals surface area (Å²) in [6.07, 6.45) is 3.99. The van der Waals surface area contributed by atoms with Crippen molar-refractivity contribution in [3.05, 3.63) is 48.3 Å². The second kappa shape index (κ2) is 8.70. The fourth-order valence-corrected chi connectivity index (χ4v) is 4.37. The molecule has 1 atom stereocenters. The molecule has 0 spiro atoms. The average Bonchev–Trinajstić information content (AvgIpc) is 2.76. The van der Waals surface area contributed by atoms with E-state index in [1.165, 1.54) is 10.6 Å². The summed E-state index contributed by atoms with van der Waals surface area (Å²) in [5, 5.41) is 0. The molecule has 3 heterocycles. The van der Waals surface area contributed by atoms with Gasteiger partial charge >= 0.3 is 0 Å². The largest absolute Gasteiger partial charge is 0.473 e. The van der Waals surface area contributed by atoms with Gasteiger partial charge in [0.25, 0.3) is 0 Å². The first-order valence-corrected chi connectivity index (χ1v) is 12.2. The van der Waals surface area contributed by atoms with Crippen molar-refractivity contribution in [3.63, 3.8) is 0 Å². The topological polar surface area (TPSA) is 121 Å². The van der Waals surface area contributed by atoms with Crippen LogP contribution in [0, 0.1) is 0 Å². The normalized spacial score (nSPS) is 18.1. The van der Waals surface area contributed by atoms with Crippen LogP contribution in [0.25, 0.3) is 22.3 Å². The van der Waals surface area contributed by atoms with Gasteiger partial charge < -0.3 is 15.2 Å². The number of sulfonamides is 1. The fraction of sp³-hybridized carbons (Fsp3) is 0.409. The van der Waals surface area contributed by atoms with E-state index in [0.717, 1.165) is 11.1 Å². The monoisotopic (exact) mass is 457 g/mol. The summed E-state index contributed by atoms with van der Waals surface area (Å²) in [7, 11) is -3.28. The molecule has 4 rings (SSSR count).